The van der Waals surface area contributed by atoms with Crippen molar-refractivity contribution >= 4 is 72.9 Å². The van der Waals surface area contributed by atoms with Crippen molar-refractivity contribution in [1.82, 2.24) is 4.57 Å². The first-order chi connectivity index (χ1) is 17.6. The summed E-state index contributed by atoms with van der Waals surface area (Å²) in [5, 5.41) is 1.92. The van der Waals surface area contributed by atoms with Crippen LogP contribution in [0.25, 0.3) is 15.9 Å². The number of ether oxygens (including phenoxy) is 1. The van der Waals surface area contributed by atoms with Gasteiger partial charge in [-0.05, 0) is 67.9 Å². The topological polar surface area (TPSA) is 85.7 Å². The van der Waals surface area contributed by atoms with Gasteiger partial charge in [0.2, 0.25) is 0 Å². The standard InChI is InChI=1S/C26H24Cl2N2O5S2/c1-3-4-11-35-26(32)16-30(37(33,34)22-14-19(27)13-20(28)15-22)21-5-6-23-18(12-21)9-10-29(23)25-8-7-24(36-25)17(2)31/h5-10,12-15H,3-4,11,16H2,1-2H3. The minimum absolute atomic E-state index is 0.0113. The van der Waals surface area contributed by atoms with Gasteiger partial charge in [-0.15, -0.1) is 11.3 Å². The Morgan fingerprint density at radius 2 is 1.76 bits per heavy atom. The molecule has 0 radical (unpaired) electrons. The first kappa shape index (κ1) is 27.2. The van der Waals surface area contributed by atoms with Crippen LogP contribution < -0.4 is 4.31 Å². The molecule has 37 heavy (non-hydrogen) atoms. The summed E-state index contributed by atoms with van der Waals surface area (Å²) in [4.78, 5) is 24.8. The monoisotopic (exact) mass is 578 g/mol. The van der Waals surface area contributed by atoms with Gasteiger partial charge >= 0.3 is 5.97 Å². The molecule has 0 atom stereocenters. The number of rotatable bonds is 10. The number of benzene rings is 2. The molecule has 0 bridgehead atoms. The van der Waals surface area contributed by atoms with Crippen molar-refractivity contribution < 1.29 is 22.7 Å². The Morgan fingerprint density at radius 3 is 2.41 bits per heavy atom. The predicted molar refractivity (Wildman–Crippen MR) is 148 cm³/mol. The van der Waals surface area contributed by atoms with Crippen molar-refractivity contribution in [2.45, 2.75) is 31.6 Å². The number of nitrogens with zero attached hydrogens (tertiary/aromatic N) is 2. The molecule has 2 heterocycles. The van der Waals surface area contributed by atoms with Crippen molar-refractivity contribution in [2.24, 2.45) is 0 Å². The van der Waals surface area contributed by atoms with Gasteiger partial charge in [0, 0.05) is 21.6 Å². The molecule has 0 aliphatic carbocycles. The van der Waals surface area contributed by atoms with E-state index in [0.29, 0.717) is 11.3 Å². The maximum atomic E-state index is 13.7. The highest BCUT2D eigenvalue weighted by atomic mass is 35.5. The molecule has 7 nitrogen and oxygen atoms in total. The molecule has 194 valence electrons. The molecular formula is C26H24Cl2N2O5S2. The SMILES string of the molecule is CCCCOC(=O)CN(c1ccc2c(ccn2-c2ccc(C(C)=O)s2)c1)S(=O)(=O)c1cc(Cl)cc(Cl)c1. The molecule has 0 aliphatic rings. The number of aromatic nitrogens is 1. The Labute approximate surface area is 229 Å². The number of carbonyl (C=O) groups excluding carboxylic acids is 2. The van der Waals surface area contributed by atoms with Gasteiger partial charge in [-0.25, -0.2) is 8.42 Å². The van der Waals surface area contributed by atoms with Crippen molar-refractivity contribution in [3.63, 3.8) is 0 Å². The van der Waals surface area contributed by atoms with E-state index in [4.69, 9.17) is 27.9 Å². The number of esters is 1. The zero-order valence-electron chi connectivity index (χ0n) is 20.1. The van der Waals surface area contributed by atoms with Crippen molar-refractivity contribution in [3.8, 4) is 5.00 Å². The summed E-state index contributed by atoms with van der Waals surface area (Å²) in [5.41, 5.74) is 1.10. The smallest absolute Gasteiger partial charge is 0.326 e. The van der Waals surface area contributed by atoms with Crippen LogP contribution in [0.1, 0.15) is 36.4 Å². The van der Waals surface area contributed by atoms with Crippen molar-refractivity contribution in [2.75, 3.05) is 17.5 Å². The molecule has 0 amide bonds. The molecule has 0 N–H and O–H groups in total. The maximum absolute atomic E-state index is 13.7. The van der Waals surface area contributed by atoms with Crippen LogP contribution in [0.4, 0.5) is 5.69 Å². The normalized spacial score (nSPS) is 11.6. The zero-order valence-corrected chi connectivity index (χ0v) is 23.3. The Hall–Kier alpha value is -2.85. The molecule has 4 rings (SSSR count). The van der Waals surface area contributed by atoms with Crippen molar-refractivity contribution in [3.05, 3.63) is 75.7 Å². The molecule has 0 aliphatic heterocycles. The third-order valence-electron chi connectivity index (χ3n) is 5.60. The number of unbranched alkanes of at least 4 members (excludes halogenated alkanes) is 1. The van der Waals surface area contributed by atoms with Crippen LogP contribution in [-0.4, -0.2) is 37.9 Å². The summed E-state index contributed by atoms with van der Waals surface area (Å²) in [6.45, 7) is 3.17. The van der Waals surface area contributed by atoms with E-state index in [1.807, 2.05) is 29.8 Å². The Balaban J connectivity index is 1.75. The Bertz CT molecular complexity index is 1560. The highest BCUT2D eigenvalue weighted by Crippen LogP contribution is 2.32. The second kappa shape index (κ2) is 11.3. The summed E-state index contributed by atoms with van der Waals surface area (Å²) in [6.07, 6.45) is 3.36. The van der Waals surface area contributed by atoms with E-state index in [0.717, 1.165) is 26.6 Å². The number of ketones is 1. The number of thiophene rings is 1. The van der Waals surface area contributed by atoms with E-state index in [9.17, 15) is 18.0 Å². The highest BCUT2D eigenvalue weighted by Gasteiger charge is 2.29. The van der Waals surface area contributed by atoms with Crippen LogP contribution >= 0.6 is 34.5 Å². The van der Waals surface area contributed by atoms with Crippen LogP contribution in [0.3, 0.4) is 0 Å². The second-order valence-corrected chi connectivity index (χ2v) is 12.1. The summed E-state index contributed by atoms with van der Waals surface area (Å²) in [5.74, 6) is -0.680. The highest BCUT2D eigenvalue weighted by molar-refractivity contribution is 7.92. The van der Waals surface area contributed by atoms with Crippen LogP contribution in [0.15, 0.2) is 65.7 Å². The average Bonchev–Trinajstić information content (AvgIpc) is 3.49. The van der Waals surface area contributed by atoms with Gasteiger partial charge in [-0.1, -0.05) is 36.5 Å². The first-order valence-corrected chi connectivity index (χ1v) is 14.5. The predicted octanol–water partition coefficient (Wildman–Crippen LogP) is 6.74. The number of halogens is 2. The van der Waals surface area contributed by atoms with E-state index in [2.05, 4.69) is 0 Å². The Morgan fingerprint density at radius 1 is 1.03 bits per heavy atom. The summed E-state index contributed by atoms with van der Waals surface area (Å²) in [7, 11) is -4.22. The molecule has 0 fully saturated rings. The lowest BCUT2D eigenvalue weighted by molar-refractivity contribution is -0.141. The average molecular weight is 580 g/mol. The molecule has 2 aromatic heterocycles. The minimum atomic E-state index is -4.22. The fraction of sp³-hybridized carbons (Fsp3) is 0.231. The molecule has 2 aromatic carbocycles. The van der Waals surface area contributed by atoms with Crippen LogP contribution in [0, 0.1) is 0 Å². The third-order valence-corrected chi connectivity index (χ3v) is 8.97. The number of carbonyl (C=O) groups is 2. The van der Waals surface area contributed by atoms with Gasteiger partial charge in [-0.3, -0.25) is 13.9 Å². The third kappa shape index (κ3) is 6.01. The van der Waals surface area contributed by atoms with Gasteiger partial charge in [0.1, 0.15) is 11.5 Å². The number of sulfonamides is 1. The fourth-order valence-corrected chi connectivity index (χ4v) is 6.76. The number of fused-ring (bicyclic) bond motifs is 1. The molecule has 4 aromatic rings. The van der Waals surface area contributed by atoms with Gasteiger partial charge in [0.25, 0.3) is 10.0 Å². The van der Waals surface area contributed by atoms with E-state index in [-0.39, 0.29) is 33.0 Å². The van der Waals surface area contributed by atoms with Crippen LogP contribution in [0.2, 0.25) is 10.0 Å². The summed E-state index contributed by atoms with van der Waals surface area (Å²) in [6, 6.07) is 14.6. The summed E-state index contributed by atoms with van der Waals surface area (Å²) >= 11 is 13.5. The van der Waals surface area contributed by atoms with Gasteiger partial charge in [-0.2, -0.15) is 0 Å². The van der Waals surface area contributed by atoms with Gasteiger partial charge in [0.05, 0.1) is 27.6 Å². The number of Topliss-reactive ketones (excluding diaryl/α,β-unsaturated/α-hetero) is 1. The molecule has 11 heteroatoms. The minimum Gasteiger partial charge on any atom is -0.464 e. The lowest BCUT2D eigenvalue weighted by atomic mass is 10.2. The van der Waals surface area contributed by atoms with E-state index in [1.165, 1.54) is 36.5 Å². The fourth-order valence-electron chi connectivity index (χ4n) is 3.74. The first-order valence-electron chi connectivity index (χ1n) is 11.5. The maximum Gasteiger partial charge on any atom is 0.326 e. The number of hydrogen-bond donors (Lipinski definition) is 0. The van der Waals surface area contributed by atoms with Crippen LogP contribution in [-0.2, 0) is 19.6 Å². The zero-order chi connectivity index (χ0) is 26.7. The quantitative estimate of drug-likeness (QED) is 0.118. The van der Waals surface area contributed by atoms with Crippen LogP contribution in [0.5, 0.6) is 0 Å². The second-order valence-electron chi connectivity index (χ2n) is 8.31. The lowest BCUT2D eigenvalue weighted by Crippen LogP contribution is -2.36. The van der Waals surface area contributed by atoms with E-state index in [1.54, 1.807) is 24.3 Å². The largest absolute Gasteiger partial charge is 0.464 e. The number of anilines is 1. The van der Waals surface area contributed by atoms with Gasteiger partial charge in [0.15, 0.2) is 5.78 Å². The summed E-state index contributed by atoms with van der Waals surface area (Å²) < 4.78 is 35.6. The van der Waals surface area contributed by atoms with Crippen molar-refractivity contribution in [1.29, 1.82) is 0 Å². The number of hydrogen-bond acceptors (Lipinski definition) is 6. The Kier molecular flexibility index (Phi) is 8.28. The van der Waals surface area contributed by atoms with E-state index < -0.39 is 22.5 Å². The molecule has 0 saturated heterocycles. The van der Waals surface area contributed by atoms with Gasteiger partial charge < -0.3 is 9.30 Å². The molecule has 0 unspecified atom stereocenters. The lowest BCUT2D eigenvalue weighted by Gasteiger charge is -2.24. The molecule has 0 saturated carbocycles. The molecular weight excluding hydrogens is 555 g/mol. The van der Waals surface area contributed by atoms with E-state index >= 15 is 0 Å². The molecule has 0 spiro atoms.